The molecule has 0 radical (unpaired) electrons. The minimum Gasteiger partial charge on any atom is -0.300 e. The summed E-state index contributed by atoms with van der Waals surface area (Å²) >= 11 is 0. The van der Waals surface area contributed by atoms with E-state index in [1.54, 1.807) is 6.08 Å². The lowest BCUT2D eigenvalue weighted by Crippen LogP contribution is -2.24. The molecule has 2 aliphatic carbocycles. The molecule has 0 amide bonds. The molecule has 0 unspecified atom stereocenters. The van der Waals surface area contributed by atoms with Gasteiger partial charge in [0.1, 0.15) is 5.78 Å². The highest BCUT2D eigenvalue weighted by Gasteiger charge is 2.28. The molecule has 0 aromatic heterocycles. The maximum atomic E-state index is 11.0. The van der Waals surface area contributed by atoms with Gasteiger partial charge >= 0.3 is 0 Å². The van der Waals surface area contributed by atoms with Gasteiger partial charge in [0.05, 0.1) is 0 Å². The molecule has 1 fully saturated rings. The van der Waals surface area contributed by atoms with Gasteiger partial charge < -0.3 is 0 Å². The SMILES string of the molecule is CC1=CC(=O)CCC1.CC[C@]1(C)CCCC(=O)C1. The maximum absolute atomic E-state index is 11.0. The molecule has 0 aliphatic heterocycles. The number of ketones is 2. The van der Waals surface area contributed by atoms with Gasteiger partial charge in [-0.25, -0.2) is 0 Å². The van der Waals surface area contributed by atoms with E-state index in [-0.39, 0.29) is 0 Å². The molecule has 2 heteroatoms. The summed E-state index contributed by atoms with van der Waals surface area (Å²) < 4.78 is 0. The van der Waals surface area contributed by atoms with Crippen LogP contribution in [0.5, 0.6) is 0 Å². The summed E-state index contributed by atoms with van der Waals surface area (Å²) in [4.78, 5) is 21.6. The second-order valence-corrected chi connectivity index (χ2v) is 6.04. The van der Waals surface area contributed by atoms with Crippen molar-refractivity contribution in [1.29, 1.82) is 0 Å². The summed E-state index contributed by atoms with van der Waals surface area (Å²) in [5.41, 5.74) is 1.58. The summed E-state index contributed by atoms with van der Waals surface area (Å²) in [5.74, 6) is 0.768. The number of Topliss-reactive ketones (excluding diaryl/α,β-unsaturated/α-hetero) is 1. The van der Waals surface area contributed by atoms with E-state index >= 15 is 0 Å². The summed E-state index contributed by atoms with van der Waals surface area (Å²) in [7, 11) is 0. The topological polar surface area (TPSA) is 34.1 Å². The predicted octanol–water partition coefficient (Wildman–Crippen LogP) is 4.23. The molecule has 0 aromatic rings. The fourth-order valence-corrected chi connectivity index (χ4v) is 2.63. The van der Waals surface area contributed by atoms with Gasteiger partial charge in [0, 0.05) is 19.3 Å². The van der Waals surface area contributed by atoms with Crippen LogP contribution in [0.2, 0.25) is 0 Å². The van der Waals surface area contributed by atoms with Gasteiger partial charge in [-0.1, -0.05) is 25.8 Å². The Balaban J connectivity index is 0.000000184. The molecule has 18 heavy (non-hydrogen) atoms. The third-order valence-corrected chi connectivity index (χ3v) is 4.12. The van der Waals surface area contributed by atoms with Crippen LogP contribution in [0.25, 0.3) is 0 Å². The fourth-order valence-electron chi connectivity index (χ4n) is 2.63. The quantitative estimate of drug-likeness (QED) is 0.698. The summed E-state index contributed by atoms with van der Waals surface area (Å²) in [6.45, 7) is 6.42. The zero-order valence-electron chi connectivity index (χ0n) is 12.1. The van der Waals surface area contributed by atoms with Crippen molar-refractivity contribution in [2.24, 2.45) is 5.41 Å². The highest BCUT2D eigenvalue weighted by molar-refractivity contribution is 5.90. The van der Waals surface area contributed by atoms with Crippen molar-refractivity contribution in [2.75, 3.05) is 0 Å². The number of rotatable bonds is 1. The van der Waals surface area contributed by atoms with Crippen LogP contribution in [0.1, 0.15) is 72.1 Å². The minimum absolute atomic E-state index is 0.300. The molecule has 1 atom stereocenters. The lowest BCUT2D eigenvalue weighted by molar-refractivity contribution is -0.123. The van der Waals surface area contributed by atoms with Crippen LogP contribution >= 0.6 is 0 Å². The molecule has 0 heterocycles. The zero-order valence-corrected chi connectivity index (χ0v) is 12.1. The fraction of sp³-hybridized carbons (Fsp3) is 0.750. The van der Waals surface area contributed by atoms with E-state index < -0.39 is 0 Å². The van der Waals surface area contributed by atoms with Gasteiger partial charge in [0.2, 0.25) is 0 Å². The predicted molar refractivity (Wildman–Crippen MR) is 74.5 cm³/mol. The summed E-state index contributed by atoms with van der Waals surface area (Å²) in [6, 6.07) is 0. The Hall–Kier alpha value is -0.920. The Labute approximate surface area is 111 Å². The highest BCUT2D eigenvalue weighted by atomic mass is 16.1. The van der Waals surface area contributed by atoms with E-state index in [0.29, 0.717) is 17.0 Å². The molecule has 0 N–H and O–H groups in total. The molecule has 2 nitrogen and oxygen atoms in total. The van der Waals surface area contributed by atoms with Crippen molar-refractivity contribution in [1.82, 2.24) is 0 Å². The van der Waals surface area contributed by atoms with E-state index in [0.717, 1.165) is 44.9 Å². The van der Waals surface area contributed by atoms with Crippen molar-refractivity contribution in [3.8, 4) is 0 Å². The van der Waals surface area contributed by atoms with Crippen LogP contribution in [0.15, 0.2) is 11.6 Å². The molecule has 0 bridgehead atoms. The van der Waals surface area contributed by atoms with E-state index in [2.05, 4.69) is 13.8 Å². The molecule has 0 saturated heterocycles. The van der Waals surface area contributed by atoms with Crippen LogP contribution in [-0.2, 0) is 9.59 Å². The highest BCUT2D eigenvalue weighted by Crippen LogP contribution is 2.36. The Kier molecular flexibility index (Phi) is 5.77. The summed E-state index contributed by atoms with van der Waals surface area (Å²) in [6.07, 6.45) is 9.85. The molecule has 2 rings (SSSR count). The van der Waals surface area contributed by atoms with Crippen LogP contribution in [0.4, 0.5) is 0 Å². The molecule has 0 aromatic carbocycles. The lowest BCUT2D eigenvalue weighted by Gasteiger charge is -2.31. The number of carbonyl (C=O) groups excluding carboxylic acids is 2. The van der Waals surface area contributed by atoms with Crippen molar-refractivity contribution >= 4 is 11.6 Å². The van der Waals surface area contributed by atoms with E-state index in [1.807, 2.05) is 6.92 Å². The van der Waals surface area contributed by atoms with Crippen molar-refractivity contribution in [3.05, 3.63) is 11.6 Å². The number of carbonyl (C=O) groups is 2. The van der Waals surface area contributed by atoms with E-state index in [1.165, 1.54) is 12.0 Å². The third kappa shape index (κ3) is 5.16. The Morgan fingerprint density at radius 3 is 2.28 bits per heavy atom. The van der Waals surface area contributed by atoms with Gasteiger partial charge in [-0.2, -0.15) is 0 Å². The van der Waals surface area contributed by atoms with Crippen LogP contribution < -0.4 is 0 Å². The van der Waals surface area contributed by atoms with Gasteiger partial charge in [-0.15, -0.1) is 0 Å². The van der Waals surface area contributed by atoms with Gasteiger partial charge in [0.25, 0.3) is 0 Å². The van der Waals surface area contributed by atoms with Gasteiger partial charge in [-0.3, -0.25) is 9.59 Å². The van der Waals surface area contributed by atoms with Crippen molar-refractivity contribution in [3.63, 3.8) is 0 Å². The second-order valence-electron chi connectivity index (χ2n) is 6.04. The van der Waals surface area contributed by atoms with Crippen molar-refractivity contribution < 1.29 is 9.59 Å². The monoisotopic (exact) mass is 250 g/mol. The molecule has 0 spiro atoms. The van der Waals surface area contributed by atoms with Crippen LogP contribution in [-0.4, -0.2) is 11.6 Å². The van der Waals surface area contributed by atoms with Gasteiger partial charge in [0.15, 0.2) is 5.78 Å². The molecule has 2 aliphatic rings. The Bertz CT molecular complexity index is 341. The zero-order chi connectivity index (χ0) is 13.6. The van der Waals surface area contributed by atoms with E-state index in [4.69, 9.17) is 0 Å². The molecule has 102 valence electrons. The molecular formula is C16H26O2. The smallest absolute Gasteiger partial charge is 0.155 e. The van der Waals surface area contributed by atoms with Crippen LogP contribution in [0, 0.1) is 5.41 Å². The first-order valence-electron chi connectivity index (χ1n) is 7.17. The second kappa shape index (κ2) is 6.86. The largest absolute Gasteiger partial charge is 0.300 e. The van der Waals surface area contributed by atoms with Gasteiger partial charge in [-0.05, 0) is 44.1 Å². The first-order valence-corrected chi connectivity index (χ1v) is 7.17. The standard InChI is InChI=1S/C9H16O.C7H10O/c1-3-9(2)6-4-5-8(10)7-9;1-6-3-2-4-7(8)5-6/h3-7H2,1-2H3;5H,2-4H2,1H3/t9-;/m1./s1. The Morgan fingerprint density at radius 2 is 1.89 bits per heavy atom. The average molecular weight is 250 g/mol. The molecular weight excluding hydrogens is 224 g/mol. The van der Waals surface area contributed by atoms with E-state index in [9.17, 15) is 9.59 Å². The van der Waals surface area contributed by atoms with Crippen molar-refractivity contribution in [2.45, 2.75) is 72.1 Å². The number of hydrogen-bond acceptors (Lipinski definition) is 2. The average Bonchev–Trinajstić information content (AvgIpc) is 2.29. The number of hydrogen-bond donors (Lipinski definition) is 0. The first kappa shape index (κ1) is 15.1. The Morgan fingerprint density at radius 1 is 1.17 bits per heavy atom. The molecule has 1 saturated carbocycles. The third-order valence-electron chi connectivity index (χ3n) is 4.12. The minimum atomic E-state index is 0.300. The maximum Gasteiger partial charge on any atom is 0.155 e. The number of allylic oxidation sites excluding steroid dienone is 2. The van der Waals surface area contributed by atoms with Crippen LogP contribution in [0.3, 0.4) is 0 Å². The lowest BCUT2D eigenvalue weighted by atomic mass is 9.73. The first-order chi connectivity index (χ1) is 8.45. The normalized spacial score (nSPS) is 28.3. The summed E-state index contributed by atoms with van der Waals surface area (Å²) in [5, 5.41) is 0.